The van der Waals surface area contributed by atoms with Crippen LogP contribution in [-0.4, -0.2) is 97.9 Å². The summed E-state index contributed by atoms with van der Waals surface area (Å²) < 4.78 is 54.5. The number of piperazine rings is 1. The number of hydrogen-bond acceptors (Lipinski definition) is 4. The van der Waals surface area contributed by atoms with E-state index in [2.05, 4.69) is 9.64 Å². The number of likely N-dealkylation sites (tertiary alicyclic amines) is 1. The number of amides is 2. The molecular weight excluding hydrogens is 358 g/mol. The van der Waals surface area contributed by atoms with Crippen molar-refractivity contribution in [2.45, 2.75) is 37.1 Å². The van der Waals surface area contributed by atoms with E-state index < -0.39 is 31.5 Å². The molecule has 0 radical (unpaired) electrons. The molecule has 0 N–H and O–H groups in total. The molecular formula is C16H25F4N3O3. The minimum absolute atomic E-state index is 0.0521. The van der Waals surface area contributed by atoms with Gasteiger partial charge in [0, 0.05) is 45.2 Å². The lowest BCUT2D eigenvalue weighted by atomic mass is 9.86. The number of rotatable bonds is 5. The number of halogens is 4. The number of likely N-dealkylation sites (N-methyl/N-ethyl adjacent to an activating group) is 1. The number of carbonyl (C=O) groups excluding carboxylic acids is 2. The van der Waals surface area contributed by atoms with Crippen LogP contribution in [-0.2, 0) is 14.3 Å². The zero-order valence-corrected chi connectivity index (χ0v) is 15.0. The maximum Gasteiger partial charge on any atom is 0.330 e. The van der Waals surface area contributed by atoms with E-state index >= 15 is 0 Å². The van der Waals surface area contributed by atoms with Crippen molar-refractivity contribution in [1.82, 2.24) is 14.7 Å². The molecule has 10 heteroatoms. The number of hydrogen-bond donors (Lipinski definition) is 0. The van der Waals surface area contributed by atoms with Crippen molar-refractivity contribution < 1.29 is 31.9 Å². The first-order valence-electron chi connectivity index (χ1n) is 8.54. The molecule has 1 unspecified atom stereocenters. The van der Waals surface area contributed by atoms with Gasteiger partial charge in [-0.2, -0.15) is 8.78 Å². The Bertz CT molecular complexity index is 535. The topological polar surface area (TPSA) is 53.1 Å². The maximum absolute atomic E-state index is 12.9. The minimum Gasteiger partial charge on any atom is -0.365 e. The van der Waals surface area contributed by atoms with E-state index in [1.165, 1.54) is 4.90 Å². The normalized spacial score (nSPS) is 25.9. The number of ether oxygens (including phenoxy) is 1. The second-order valence-electron chi connectivity index (χ2n) is 7.08. The highest BCUT2D eigenvalue weighted by Gasteiger charge is 2.44. The molecule has 2 fully saturated rings. The van der Waals surface area contributed by atoms with Gasteiger partial charge in [-0.15, -0.1) is 0 Å². The first-order valence-corrected chi connectivity index (χ1v) is 8.54. The van der Waals surface area contributed by atoms with Crippen LogP contribution in [0, 0.1) is 0 Å². The van der Waals surface area contributed by atoms with Crippen molar-refractivity contribution >= 4 is 11.8 Å². The van der Waals surface area contributed by atoms with Crippen LogP contribution in [0.4, 0.5) is 17.6 Å². The SMILES string of the molecule is CN1CCC2(CCC1=O)CN(C(=O)COCC(F)(F)C(F)F)CCN2C. The second-order valence-corrected chi connectivity index (χ2v) is 7.08. The average Bonchev–Trinajstić information content (AvgIpc) is 2.71. The largest absolute Gasteiger partial charge is 0.365 e. The summed E-state index contributed by atoms with van der Waals surface area (Å²) in [6.07, 6.45) is -2.16. The van der Waals surface area contributed by atoms with Crippen molar-refractivity contribution in [3.63, 3.8) is 0 Å². The van der Waals surface area contributed by atoms with Gasteiger partial charge in [0.25, 0.3) is 0 Å². The predicted octanol–water partition coefficient (Wildman–Crippen LogP) is 1.06. The molecule has 0 aromatic rings. The van der Waals surface area contributed by atoms with Crippen molar-refractivity contribution in [2.75, 3.05) is 53.5 Å². The Morgan fingerprint density at radius 3 is 2.58 bits per heavy atom. The van der Waals surface area contributed by atoms with Gasteiger partial charge in [0.1, 0.15) is 13.2 Å². The highest BCUT2D eigenvalue weighted by molar-refractivity contribution is 5.78. The Morgan fingerprint density at radius 1 is 1.23 bits per heavy atom. The minimum atomic E-state index is -4.27. The quantitative estimate of drug-likeness (QED) is 0.667. The van der Waals surface area contributed by atoms with Gasteiger partial charge in [0.15, 0.2) is 0 Å². The highest BCUT2D eigenvalue weighted by Crippen LogP contribution is 2.32. The van der Waals surface area contributed by atoms with Crippen LogP contribution in [0.25, 0.3) is 0 Å². The summed E-state index contributed by atoms with van der Waals surface area (Å²) in [5.74, 6) is -4.72. The fourth-order valence-electron chi connectivity index (χ4n) is 3.40. The summed E-state index contributed by atoms with van der Waals surface area (Å²) >= 11 is 0. The summed E-state index contributed by atoms with van der Waals surface area (Å²) in [4.78, 5) is 29.5. The fraction of sp³-hybridized carbons (Fsp3) is 0.875. The van der Waals surface area contributed by atoms with Gasteiger partial charge in [-0.3, -0.25) is 14.5 Å². The molecule has 0 bridgehead atoms. The molecule has 150 valence electrons. The Hall–Kier alpha value is -1.42. The van der Waals surface area contributed by atoms with Crippen LogP contribution in [0.1, 0.15) is 19.3 Å². The molecule has 2 aliphatic heterocycles. The number of nitrogens with zero attached hydrogens (tertiary/aromatic N) is 3. The molecule has 0 aromatic heterocycles. The third-order valence-corrected chi connectivity index (χ3v) is 5.33. The van der Waals surface area contributed by atoms with Crippen LogP contribution in [0.15, 0.2) is 0 Å². The lowest BCUT2D eigenvalue weighted by Gasteiger charge is -2.49. The van der Waals surface area contributed by atoms with E-state index in [1.807, 2.05) is 7.05 Å². The van der Waals surface area contributed by atoms with Crippen molar-refractivity contribution in [3.8, 4) is 0 Å². The third kappa shape index (κ3) is 4.64. The molecule has 1 spiro atoms. The van der Waals surface area contributed by atoms with Crippen LogP contribution in [0.2, 0.25) is 0 Å². The zero-order valence-electron chi connectivity index (χ0n) is 15.0. The molecule has 0 saturated carbocycles. The predicted molar refractivity (Wildman–Crippen MR) is 85.2 cm³/mol. The number of alkyl halides is 4. The molecule has 2 heterocycles. The van der Waals surface area contributed by atoms with Gasteiger partial charge >= 0.3 is 12.3 Å². The smallest absolute Gasteiger partial charge is 0.330 e. The molecule has 0 aliphatic carbocycles. The summed E-state index contributed by atoms with van der Waals surface area (Å²) in [5, 5.41) is 0. The molecule has 2 aliphatic rings. The molecule has 1 atom stereocenters. The molecule has 0 aromatic carbocycles. The first kappa shape index (κ1) is 20.9. The van der Waals surface area contributed by atoms with Crippen LogP contribution < -0.4 is 0 Å². The lowest BCUT2D eigenvalue weighted by Crippen LogP contribution is -2.62. The van der Waals surface area contributed by atoms with Gasteiger partial charge in [-0.25, -0.2) is 8.78 Å². The summed E-state index contributed by atoms with van der Waals surface area (Å²) in [6.45, 7) is -0.248. The molecule has 2 saturated heterocycles. The summed E-state index contributed by atoms with van der Waals surface area (Å²) in [7, 11) is 3.68. The standard InChI is InChI=1S/C16H25F4N3O3/c1-21-6-5-15(4-3-12(21)24)10-23(8-7-22(15)2)13(25)9-26-11-16(19,20)14(17)18/h14H,3-11H2,1-2H3. The molecule has 26 heavy (non-hydrogen) atoms. The molecule has 2 rings (SSSR count). The van der Waals surface area contributed by atoms with Crippen LogP contribution >= 0.6 is 0 Å². The van der Waals surface area contributed by atoms with Crippen LogP contribution in [0.3, 0.4) is 0 Å². The van der Waals surface area contributed by atoms with Gasteiger partial charge in [0.05, 0.1) is 0 Å². The van der Waals surface area contributed by atoms with E-state index in [0.29, 0.717) is 45.4 Å². The highest BCUT2D eigenvalue weighted by atomic mass is 19.3. The Kier molecular flexibility index (Phi) is 6.49. The molecule has 6 nitrogen and oxygen atoms in total. The summed E-state index contributed by atoms with van der Waals surface area (Å²) in [6, 6.07) is 0. The first-order chi connectivity index (χ1) is 12.1. The fourth-order valence-corrected chi connectivity index (χ4v) is 3.40. The third-order valence-electron chi connectivity index (χ3n) is 5.33. The number of carbonyl (C=O) groups is 2. The van der Waals surface area contributed by atoms with Crippen molar-refractivity contribution in [3.05, 3.63) is 0 Å². The monoisotopic (exact) mass is 383 g/mol. The average molecular weight is 383 g/mol. The Balaban J connectivity index is 1.94. The van der Waals surface area contributed by atoms with Gasteiger partial charge in [-0.05, 0) is 19.9 Å². The van der Waals surface area contributed by atoms with E-state index in [4.69, 9.17) is 0 Å². The van der Waals surface area contributed by atoms with E-state index in [9.17, 15) is 27.2 Å². The Morgan fingerprint density at radius 2 is 1.92 bits per heavy atom. The van der Waals surface area contributed by atoms with E-state index in [-0.39, 0.29) is 11.4 Å². The van der Waals surface area contributed by atoms with E-state index in [1.54, 1.807) is 11.9 Å². The second kappa shape index (κ2) is 8.08. The zero-order chi connectivity index (χ0) is 19.5. The maximum atomic E-state index is 12.9. The van der Waals surface area contributed by atoms with E-state index in [0.717, 1.165) is 0 Å². The van der Waals surface area contributed by atoms with Crippen molar-refractivity contribution in [1.29, 1.82) is 0 Å². The molecule has 2 amide bonds. The van der Waals surface area contributed by atoms with Gasteiger partial charge in [-0.1, -0.05) is 0 Å². The van der Waals surface area contributed by atoms with Crippen LogP contribution in [0.5, 0.6) is 0 Å². The lowest BCUT2D eigenvalue weighted by molar-refractivity contribution is -0.172. The van der Waals surface area contributed by atoms with Gasteiger partial charge in [0.2, 0.25) is 11.8 Å². The van der Waals surface area contributed by atoms with Crippen molar-refractivity contribution in [2.24, 2.45) is 0 Å². The van der Waals surface area contributed by atoms with Gasteiger partial charge < -0.3 is 14.5 Å². The Labute approximate surface area is 150 Å². The summed E-state index contributed by atoms with van der Waals surface area (Å²) in [5.41, 5.74) is -0.360.